The molecule has 7 heteroatoms. The van der Waals surface area contributed by atoms with E-state index in [-0.39, 0.29) is 5.91 Å². The maximum Gasteiger partial charge on any atom is 0.491 e. The highest BCUT2D eigenvalue weighted by Crippen LogP contribution is 2.24. The second-order valence-corrected chi connectivity index (χ2v) is 5.58. The Morgan fingerprint density at radius 2 is 2.00 bits per heavy atom. The van der Waals surface area contributed by atoms with Crippen molar-refractivity contribution in [3.63, 3.8) is 0 Å². The van der Waals surface area contributed by atoms with Gasteiger partial charge in [-0.15, -0.1) is 0 Å². The van der Waals surface area contributed by atoms with Gasteiger partial charge in [0.2, 0.25) is 5.91 Å². The number of hydrogen-bond acceptors (Lipinski definition) is 5. The molecule has 1 aliphatic heterocycles. The zero-order chi connectivity index (χ0) is 16.9. The number of amides is 1. The maximum atomic E-state index is 11.4. The van der Waals surface area contributed by atoms with Crippen molar-refractivity contribution in [2.24, 2.45) is 0 Å². The summed E-state index contributed by atoms with van der Waals surface area (Å²) in [7, 11) is 0.892. The molecule has 1 amide bonds. The number of ether oxygens (including phenoxy) is 1. The Morgan fingerprint density at radius 3 is 2.75 bits per heavy atom. The Hall–Kier alpha value is -2.35. The van der Waals surface area contributed by atoms with Crippen molar-refractivity contribution in [3.8, 4) is 11.5 Å². The average molecular weight is 326 g/mol. The zero-order valence-electron chi connectivity index (χ0n) is 13.4. The quantitative estimate of drug-likeness (QED) is 0.675. The first-order valence-corrected chi connectivity index (χ1v) is 7.76. The third kappa shape index (κ3) is 3.94. The number of benzene rings is 2. The topological polar surface area (TPSA) is 79.8 Å². The highest BCUT2D eigenvalue weighted by atomic mass is 16.5. The Balaban J connectivity index is 1.59. The Kier molecular flexibility index (Phi) is 5.15. The van der Waals surface area contributed by atoms with Crippen molar-refractivity contribution < 1.29 is 19.2 Å². The molecule has 3 N–H and O–H groups in total. The van der Waals surface area contributed by atoms with Gasteiger partial charge in [0.25, 0.3) is 0 Å². The van der Waals surface area contributed by atoms with Crippen molar-refractivity contribution in [3.05, 3.63) is 53.6 Å². The summed E-state index contributed by atoms with van der Waals surface area (Å²) in [5.41, 5.74) is 2.72. The first-order chi connectivity index (χ1) is 11.7. The van der Waals surface area contributed by atoms with Crippen LogP contribution >= 0.6 is 0 Å². The lowest BCUT2D eigenvalue weighted by Crippen LogP contribution is -2.31. The van der Waals surface area contributed by atoms with E-state index in [2.05, 4.69) is 10.6 Å². The Morgan fingerprint density at radius 1 is 1.25 bits per heavy atom. The molecule has 2 aromatic rings. The minimum atomic E-state index is -0.841. The predicted molar refractivity (Wildman–Crippen MR) is 91.1 cm³/mol. The van der Waals surface area contributed by atoms with E-state index in [9.17, 15) is 9.82 Å². The Bertz CT molecular complexity index is 721. The molecule has 0 aromatic heterocycles. The molecule has 0 saturated heterocycles. The molecule has 0 fully saturated rings. The van der Waals surface area contributed by atoms with Gasteiger partial charge in [0, 0.05) is 6.54 Å². The average Bonchev–Trinajstić information content (AvgIpc) is 2.95. The van der Waals surface area contributed by atoms with Crippen molar-refractivity contribution in [2.45, 2.75) is 13.2 Å². The molecule has 0 radical (unpaired) electrons. The number of carbonyl (C=O) groups is 1. The molecule has 0 bridgehead atoms. The number of rotatable bonds is 6. The van der Waals surface area contributed by atoms with Crippen molar-refractivity contribution in [2.75, 3.05) is 13.6 Å². The van der Waals surface area contributed by atoms with Crippen LogP contribution in [0, 0.1) is 0 Å². The summed E-state index contributed by atoms with van der Waals surface area (Å²) in [4.78, 5) is 11.4. The second kappa shape index (κ2) is 7.48. The molecule has 0 saturated carbocycles. The molecular formula is C17H19BN2O4. The van der Waals surface area contributed by atoms with Crippen molar-refractivity contribution in [1.29, 1.82) is 0 Å². The fraction of sp³-hybridized carbons (Fsp3) is 0.235. The van der Waals surface area contributed by atoms with Crippen LogP contribution in [0.1, 0.15) is 11.1 Å². The smallest absolute Gasteiger partial charge is 0.457 e. The monoisotopic (exact) mass is 326 g/mol. The van der Waals surface area contributed by atoms with Gasteiger partial charge in [-0.1, -0.05) is 18.2 Å². The SMILES string of the molecule is CNCC(=O)NCc1ccc(Oc2ccc3c(c2)COB3O)cc1. The molecule has 124 valence electrons. The molecule has 3 rings (SSSR count). The fourth-order valence-corrected chi connectivity index (χ4v) is 2.51. The van der Waals surface area contributed by atoms with Gasteiger partial charge >= 0.3 is 7.12 Å². The molecule has 2 aromatic carbocycles. The van der Waals surface area contributed by atoms with E-state index in [1.165, 1.54) is 0 Å². The Labute approximate surface area is 140 Å². The molecule has 1 aliphatic rings. The third-order valence-corrected chi connectivity index (χ3v) is 3.76. The summed E-state index contributed by atoms with van der Waals surface area (Å²) in [6.45, 7) is 1.17. The molecule has 6 nitrogen and oxygen atoms in total. The van der Waals surface area contributed by atoms with Crippen LogP contribution < -0.4 is 20.8 Å². The molecule has 0 atom stereocenters. The van der Waals surface area contributed by atoms with Crippen LogP contribution in [0.5, 0.6) is 11.5 Å². The number of nitrogens with one attached hydrogen (secondary N) is 2. The van der Waals surface area contributed by atoms with Gasteiger partial charge in [0.05, 0.1) is 13.2 Å². The van der Waals surface area contributed by atoms with Gasteiger partial charge in [-0.05, 0) is 47.9 Å². The summed E-state index contributed by atoms with van der Waals surface area (Å²) >= 11 is 0. The van der Waals surface area contributed by atoms with Gasteiger partial charge in [-0.2, -0.15) is 0 Å². The predicted octanol–water partition coefficient (Wildman–Crippen LogP) is 0.532. The largest absolute Gasteiger partial charge is 0.491 e. The third-order valence-electron chi connectivity index (χ3n) is 3.76. The first kappa shape index (κ1) is 16.5. The summed E-state index contributed by atoms with van der Waals surface area (Å²) in [5, 5.41) is 15.2. The standard InChI is InChI=1S/C17H19BN2O4/c1-19-10-17(21)20-9-12-2-4-14(5-3-12)24-15-6-7-16-13(8-15)11-23-18(16)22/h2-8,19,22H,9-11H2,1H3,(H,20,21). The first-order valence-electron chi connectivity index (χ1n) is 7.76. The van der Waals surface area contributed by atoms with Gasteiger partial charge in [0.15, 0.2) is 0 Å². The van der Waals surface area contributed by atoms with Crippen LogP contribution in [-0.2, 0) is 22.6 Å². The zero-order valence-corrected chi connectivity index (χ0v) is 13.4. The van der Waals surface area contributed by atoms with Gasteiger partial charge in [-0.3, -0.25) is 4.79 Å². The number of fused-ring (bicyclic) bond motifs is 1. The van der Waals surface area contributed by atoms with Crippen LogP contribution in [0.25, 0.3) is 0 Å². The van der Waals surface area contributed by atoms with Crippen molar-refractivity contribution >= 4 is 18.5 Å². The minimum absolute atomic E-state index is 0.0413. The molecule has 0 spiro atoms. The lowest BCUT2D eigenvalue weighted by Gasteiger charge is -2.09. The van der Waals surface area contributed by atoms with Crippen LogP contribution in [0.3, 0.4) is 0 Å². The van der Waals surface area contributed by atoms with Gasteiger partial charge in [0.1, 0.15) is 11.5 Å². The summed E-state index contributed by atoms with van der Waals surface area (Å²) in [6, 6.07) is 13.0. The maximum absolute atomic E-state index is 11.4. The van der Waals surface area contributed by atoms with Crippen LogP contribution in [0.15, 0.2) is 42.5 Å². The lowest BCUT2D eigenvalue weighted by atomic mass is 9.80. The molecule has 0 aliphatic carbocycles. The van der Waals surface area contributed by atoms with E-state index < -0.39 is 7.12 Å². The van der Waals surface area contributed by atoms with E-state index in [1.54, 1.807) is 7.05 Å². The summed E-state index contributed by atoms with van der Waals surface area (Å²) < 4.78 is 11.0. The normalized spacial score (nSPS) is 12.8. The number of hydrogen-bond donors (Lipinski definition) is 3. The van der Waals surface area contributed by atoms with E-state index >= 15 is 0 Å². The van der Waals surface area contributed by atoms with Crippen LogP contribution in [0.2, 0.25) is 0 Å². The minimum Gasteiger partial charge on any atom is -0.457 e. The fourth-order valence-electron chi connectivity index (χ4n) is 2.51. The highest BCUT2D eigenvalue weighted by molar-refractivity contribution is 6.61. The van der Waals surface area contributed by atoms with Crippen molar-refractivity contribution in [1.82, 2.24) is 10.6 Å². The van der Waals surface area contributed by atoms with Crippen LogP contribution in [-0.4, -0.2) is 31.6 Å². The molecule has 1 heterocycles. The number of likely N-dealkylation sites (N-methyl/N-ethyl adjacent to an activating group) is 1. The van der Waals surface area contributed by atoms with Gasteiger partial charge in [-0.25, -0.2) is 0 Å². The van der Waals surface area contributed by atoms with E-state index in [4.69, 9.17) is 9.39 Å². The van der Waals surface area contributed by atoms with Crippen LogP contribution in [0.4, 0.5) is 0 Å². The van der Waals surface area contributed by atoms with E-state index in [0.29, 0.717) is 31.2 Å². The second-order valence-electron chi connectivity index (χ2n) is 5.58. The number of carbonyl (C=O) groups excluding carboxylic acids is 1. The molecular weight excluding hydrogens is 307 g/mol. The lowest BCUT2D eigenvalue weighted by molar-refractivity contribution is -0.120. The van der Waals surface area contributed by atoms with E-state index in [0.717, 1.165) is 16.6 Å². The molecule has 0 unspecified atom stereocenters. The van der Waals surface area contributed by atoms with E-state index in [1.807, 2.05) is 42.5 Å². The summed E-state index contributed by atoms with van der Waals surface area (Å²) in [5.74, 6) is 1.36. The molecule has 24 heavy (non-hydrogen) atoms. The highest BCUT2D eigenvalue weighted by Gasteiger charge is 2.27. The summed E-state index contributed by atoms with van der Waals surface area (Å²) in [6.07, 6.45) is 0. The van der Waals surface area contributed by atoms with Gasteiger partial charge < -0.3 is 25.0 Å².